The van der Waals surface area contributed by atoms with Crippen LogP contribution in [0.2, 0.25) is 0 Å². The van der Waals surface area contributed by atoms with Crippen LogP contribution < -0.4 is 5.32 Å². The molecule has 1 fully saturated rings. The molecule has 0 saturated carbocycles. The van der Waals surface area contributed by atoms with E-state index in [-0.39, 0.29) is 12.1 Å². The number of urea groups is 1. The molecule has 0 aromatic carbocycles. The second-order valence-corrected chi connectivity index (χ2v) is 7.19. The largest absolute Gasteiger partial charge is 0.331 e. The Morgan fingerprint density at radius 3 is 2.84 bits per heavy atom. The highest BCUT2D eigenvalue weighted by Crippen LogP contribution is 2.26. The third kappa shape index (κ3) is 3.50. The normalized spacial score (nSPS) is 21.3. The lowest BCUT2D eigenvalue weighted by atomic mass is 10.0. The lowest BCUT2D eigenvalue weighted by Gasteiger charge is -2.32. The first-order valence-corrected chi connectivity index (χ1v) is 7.91. The van der Waals surface area contributed by atoms with Crippen molar-refractivity contribution >= 4 is 17.4 Å². The Morgan fingerprint density at radius 2 is 2.26 bits per heavy atom. The van der Waals surface area contributed by atoms with Gasteiger partial charge in [-0.25, -0.2) is 4.79 Å². The summed E-state index contributed by atoms with van der Waals surface area (Å²) in [5.41, 5.74) is 1.25. The molecule has 4 heteroatoms. The van der Waals surface area contributed by atoms with Gasteiger partial charge in [0.25, 0.3) is 0 Å². The van der Waals surface area contributed by atoms with Gasteiger partial charge in [0.05, 0.1) is 6.04 Å². The maximum atomic E-state index is 12.3. The Bertz CT molecular complexity index is 455. The molecule has 3 nitrogen and oxygen atoms in total. The van der Waals surface area contributed by atoms with E-state index in [9.17, 15) is 4.79 Å². The van der Waals surface area contributed by atoms with E-state index in [1.54, 1.807) is 11.3 Å². The number of aryl methyl sites for hydroxylation is 2. The highest BCUT2D eigenvalue weighted by atomic mass is 32.1. The first-order valence-electron chi connectivity index (χ1n) is 7.09. The summed E-state index contributed by atoms with van der Waals surface area (Å²) in [5.74, 6) is 0.625. The summed E-state index contributed by atoms with van der Waals surface area (Å²) < 4.78 is 0. The van der Waals surface area contributed by atoms with Crippen LogP contribution in [0.4, 0.5) is 4.79 Å². The molecule has 1 aromatic rings. The van der Waals surface area contributed by atoms with Gasteiger partial charge in [-0.3, -0.25) is 0 Å². The number of carbonyl (C=O) groups excluding carboxylic acids is 1. The molecule has 1 saturated heterocycles. The van der Waals surface area contributed by atoms with Crippen LogP contribution in [0.5, 0.6) is 0 Å². The Labute approximate surface area is 120 Å². The van der Waals surface area contributed by atoms with Crippen molar-refractivity contribution in [3.8, 4) is 0 Å². The average molecular weight is 280 g/mol. The highest BCUT2D eigenvalue weighted by molar-refractivity contribution is 7.12. The minimum atomic E-state index is 0.0855. The molecule has 1 aliphatic heterocycles. The SMILES string of the molecule is Cc1cc(C(C)NC(=O)N2CCCC(C)C2)c(C)s1. The molecule has 0 bridgehead atoms. The first-order chi connectivity index (χ1) is 8.97. The Balaban J connectivity index is 1.96. The summed E-state index contributed by atoms with van der Waals surface area (Å²) in [5, 5.41) is 3.13. The van der Waals surface area contributed by atoms with Crippen LogP contribution in [-0.2, 0) is 0 Å². The Hall–Kier alpha value is -1.03. The van der Waals surface area contributed by atoms with Crippen molar-refractivity contribution < 1.29 is 4.79 Å². The van der Waals surface area contributed by atoms with Crippen molar-refractivity contribution in [2.24, 2.45) is 5.92 Å². The van der Waals surface area contributed by atoms with Gasteiger partial charge in [-0.1, -0.05) is 6.92 Å². The molecular weight excluding hydrogens is 256 g/mol. The standard InChI is InChI=1S/C15H24N2OS/c1-10-6-5-7-17(9-10)15(18)16-12(3)14-8-11(2)19-13(14)4/h8,10,12H,5-7,9H2,1-4H3,(H,16,18). The number of likely N-dealkylation sites (tertiary alicyclic amines) is 1. The van der Waals surface area contributed by atoms with E-state index in [4.69, 9.17) is 0 Å². The summed E-state index contributed by atoms with van der Waals surface area (Å²) in [6, 6.07) is 2.36. The Kier molecular flexibility index (Phi) is 4.50. The molecule has 0 aliphatic carbocycles. The summed E-state index contributed by atoms with van der Waals surface area (Å²) >= 11 is 1.80. The van der Waals surface area contributed by atoms with Crippen LogP contribution in [-0.4, -0.2) is 24.0 Å². The minimum absolute atomic E-state index is 0.0855. The van der Waals surface area contributed by atoms with E-state index in [0.717, 1.165) is 19.5 Å². The van der Waals surface area contributed by atoms with Gasteiger partial charge in [0.1, 0.15) is 0 Å². The number of piperidine rings is 1. The summed E-state index contributed by atoms with van der Waals surface area (Å²) in [7, 11) is 0. The molecule has 2 atom stereocenters. The predicted octanol–water partition coefficient (Wildman–Crippen LogP) is 3.87. The molecule has 2 amide bonds. The number of rotatable bonds is 2. The van der Waals surface area contributed by atoms with Gasteiger partial charge in [0.2, 0.25) is 0 Å². The van der Waals surface area contributed by atoms with E-state index in [0.29, 0.717) is 5.92 Å². The third-order valence-corrected chi connectivity index (χ3v) is 4.81. The molecule has 0 spiro atoms. The number of hydrogen-bond donors (Lipinski definition) is 1. The van der Waals surface area contributed by atoms with Crippen LogP contribution >= 0.6 is 11.3 Å². The van der Waals surface area contributed by atoms with Crippen molar-refractivity contribution in [2.45, 2.75) is 46.6 Å². The molecule has 1 aromatic heterocycles. The quantitative estimate of drug-likeness (QED) is 0.876. The molecule has 19 heavy (non-hydrogen) atoms. The van der Waals surface area contributed by atoms with Crippen LogP contribution in [0.15, 0.2) is 6.07 Å². The van der Waals surface area contributed by atoms with E-state index in [1.165, 1.54) is 21.7 Å². The van der Waals surface area contributed by atoms with Gasteiger partial charge >= 0.3 is 6.03 Å². The fourth-order valence-corrected chi connectivity index (χ4v) is 3.83. The smallest absolute Gasteiger partial charge is 0.317 e. The molecule has 2 heterocycles. The van der Waals surface area contributed by atoms with Gasteiger partial charge in [-0.15, -0.1) is 11.3 Å². The van der Waals surface area contributed by atoms with E-state index in [1.807, 2.05) is 4.90 Å². The lowest BCUT2D eigenvalue weighted by Crippen LogP contribution is -2.45. The molecule has 2 rings (SSSR count). The fraction of sp³-hybridized carbons (Fsp3) is 0.667. The predicted molar refractivity (Wildman–Crippen MR) is 80.7 cm³/mol. The molecule has 0 radical (unpaired) electrons. The molecule has 1 aliphatic rings. The van der Waals surface area contributed by atoms with Gasteiger partial charge in [0.15, 0.2) is 0 Å². The molecule has 2 unspecified atom stereocenters. The monoisotopic (exact) mass is 280 g/mol. The number of amides is 2. The van der Waals surface area contributed by atoms with Crippen LogP contribution in [0, 0.1) is 19.8 Å². The maximum Gasteiger partial charge on any atom is 0.317 e. The number of nitrogens with one attached hydrogen (secondary N) is 1. The zero-order chi connectivity index (χ0) is 14.0. The second kappa shape index (κ2) is 5.95. The van der Waals surface area contributed by atoms with E-state index in [2.05, 4.69) is 39.1 Å². The van der Waals surface area contributed by atoms with Gasteiger partial charge in [-0.2, -0.15) is 0 Å². The number of nitrogens with zero attached hydrogens (tertiary/aromatic N) is 1. The summed E-state index contributed by atoms with van der Waals surface area (Å²) in [6.45, 7) is 10.3. The fourth-order valence-electron chi connectivity index (χ4n) is 2.81. The molecule has 106 valence electrons. The van der Waals surface area contributed by atoms with Crippen LogP contribution in [0.3, 0.4) is 0 Å². The van der Waals surface area contributed by atoms with Crippen molar-refractivity contribution in [1.82, 2.24) is 10.2 Å². The van der Waals surface area contributed by atoms with Crippen LogP contribution in [0.1, 0.15) is 48.0 Å². The average Bonchev–Trinajstić information content (AvgIpc) is 2.68. The zero-order valence-corrected chi connectivity index (χ0v) is 13.1. The van der Waals surface area contributed by atoms with Gasteiger partial charge < -0.3 is 10.2 Å². The number of carbonyl (C=O) groups is 1. The van der Waals surface area contributed by atoms with Crippen molar-refractivity contribution in [3.63, 3.8) is 0 Å². The second-order valence-electron chi connectivity index (χ2n) is 5.73. The van der Waals surface area contributed by atoms with Crippen molar-refractivity contribution in [3.05, 3.63) is 21.4 Å². The number of hydrogen-bond acceptors (Lipinski definition) is 2. The molecule has 1 N–H and O–H groups in total. The zero-order valence-electron chi connectivity index (χ0n) is 12.3. The highest BCUT2D eigenvalue weighted by Gasteiger charge is 2.22. The van der Waals surface area contributed by atoms with Gasteiger partial charge in [-0.05, 0) is 51.2 Å². The third-order valence-electron chi connectivity index (χ3n) is 3.83. The summed E-state index contributed by atoms with van der Waals surface area (Å²) in [4.78, 5) is 16.8. The lowest BCUT2D eigenvalue weighted by molar-refractivity contribution is 0.167. The van der Waals surface area contributed by atoms with Gasteiger partial charge in [0, 0.05) is 22.8 Å². The topological polar surface area (TPSA) is 32.3 Å². The maximum absolute atomic E-state index is 12.3. The Morgan fingerprint density at radius 1 is 1.53 bits per heavy atom. The first kappa shape index (κ1) is 14.4. The van der Waals surface area contributed by atoms with Crippen LogP contribution in [0.25, 0.3) is 0 Å². The van der Waals surface area contributed by atoms with Crippen molar-refractivity contribution in [2.75, 3.05) is 13.1 Å². The van der Waals surface area contributed by atoms with E-state index >= 15 is 0 Å². The van der Waals surface area contributed by atoms with Crippen molar-refractivity contribution in [1.29, 1.82) is 0 Å². The minimum Gasteiger partial charge on any atom is -0.331 e. The number of thiophene rings is 1. The molecular formula is C15H24N2OS. The van der Waals surface area contributed by atoms with E-state index < -0.39 is 0 Å². The summed E-state index contributed by atoms with van der Waals surface area (Å²) in [6.07, 6.45) is 2.36.